The fourth-order valence-electron chi connectivity index (χ4n) is 4.60. The second-order valence-electron chi connectivity index (χ2n) is 8.70. The average Bonchev–Trinajstić information content (AvgIpc) is 2.93. The second-order valence-corrected chi connectivity index (χ2v) is 8.70. The normalized spacial score (nSPS) is 17.1. The lowest BCUT2D eigenvalue weighted by Gasteiger charge is -2.28. The molecule has 2 atom stereocenters. The number of para-hydroxylation sites is 1. The predicted octanol–water partition coefficient (Wildman–Crippen LogP) is 4.03. The van der Waals surface area contributed by atoms with Crippen LogP contribution in [-0.2, 0) is 22.6 Å². The number of nitrogens with one attached hydrogen (secondary N) is 2. The molecular weight excluding hydrogens is 398 g/mol. The van der Waals surface area contributed by atoms with Gasteiger partial charge in [0.15, 0.2) is 0 Å². The maximum Gasteiger partial charge on any atom is 0.249 e. The predicted molar refractivity (Wildman–Crippen MR) is 130 cm³/mol. The van der Waals surface area contributed by atoms with E-state index in [1.165, 1.54) is 21.9 Å². The Morgan fingerprint density at radius 1 is 1.06 bits per heavy atom. The molecule has 0 unspecified atom stereocenters. The smallest absolute Gasteiger partial charge is 0.249 e. The lowest BCUT2D eigenvalue weighted by Crippen LogP contribution is -2.52. The standard InChI is InChI=1S/C27H31N3O2/c1-17-15-18(2)23(22-11-7-6-10-21(17)22)16-30-25-12-8-5-9-20(25)13-14-24(27(30)32)29-26(31)19(3)28-4/h5-12,15,19,24,28H,13-14,16H2,1-4H3,(H,29,31)/t19-,24-/m0/s1. The Morgan fingerprint density at radius 2 is 1.75 bits per heavy atom. The summed E-state index contributed by atoms with van der Waals surface area (Å²) in [6, 6.07) is 17.7. The van der Waals surface area contributed by atoms with Gasteiger partial charge in [-0.25, -0.2) is 0 Å². The number of carbonyl (C=O) groups is 2. The number of likely N-dealkylation sites (N-methyl/N-ethyl adjacent to an activating group) is 1. The molecule has 2 amide bonds. The van der Waals surface area contributed by atoms with Crippen LogP contribution in [0.1, 0.15) is 35.6 Å². The summed E-state index contributed by atoms with van der Waals surface area (Å²) >= 11 is 0. The minimum atomic E-state index is -0.553. The van der Waals surface area contributed by atoms with E-state index in [0.717, 1.165) is 23.2 Å². The molecule has 32 heavy (non-hydrogen) atoms. The fraction of sp³-hybridized carbons (Fsp3) is 0.333. The van der Waals surface area contributed by atoms with Gasteiger partial charge in [0.05, 0.1) is 12.6 Å². The Hall–Kier alpha value is -3.18. The number of rotatable bonds is 5. The van der Waals surface area contributed by atoms with E-state index in [4.69, 9.17) is 0 Å². The van der Waals surface area contributed by atoms with Crippen molar-refractivity contribution in [3.8, 4) is 0 Å². The molecule has 0 saturated heterocycles. The third kappa shape index (κ3) is 4.13. The molecule has 1 aliphatic rings. The number of hydrogen-bond donors (Lipinski definition) is 2. The van der Waals surface area contributed by atoms with Gasteiger partial charge in [0.25, 0.3) is 0 Å². The molecule has 0 radical (unpaired) electrons. The van der Waals surface area contributed by atoms with Gasteiger partial charge in [-0.1, -0.05) is 48.5 Å². The van der Waals surface area contributed by atoms with Gasteiger partial charge in [-0.15, -0.1) is 0 Å². The largest absolute Gasteiger partial charge is 0.343 e. The lowest BCUT2D eigenvalue weighted by atomic mass is 9.95. The first-order chi connectivity index (χ1) is 15.4. The molecular formula is C27H31N3O2. The Kier molecular flexibility index (Phi) is 6.28. The van der Waals surface area contributed by atoms with Crippen molar-refractivity contribution in [1.29, 1.82) is 0 Å². The summed E-state index contributed by atoms with van der Waals surface area (Å²) in [6.07, 6.45) is 1.33. The van der Waals surface area contributed by atoms with Gasteiger partial charge in [-0.2, -0.15) is 0 Å². The highest BCUT2D eigenvalue weighted by atomic mass is 16.2. The summed E-state index contributed by atoms with van der Waals surface area (Å²) < 4.78 is 0. The number of fused-ring (bicyclic) bond motifs is 2. The molecule has 0 bridgehead atoms. The van der Waals surface area contributed by atoms with Crippen molar-refractivity contribution in [2.24, 2.45) is 0 Å². The molecule has 0 spiro atoms. The molecule has 3 aromatic rings. The number of nitrogens with zero attached hydrogens (tertiary/aromatic N) is 1. The van der Waals surface area contributed by atoms with Crippen LogP contribution in [0.3, 0.4) is 0 Å². The maximum atomic E-state index is 13.8. The van der Waals surface area contributed by atoms with Crippen LogP contribution in [0.5, 0.6) is 0 Å². The zero-order valence-corrected chi connectivity index (χ0v) is 19.2. The molecule has 1 aliphatic heterocycles. The third-order valence-corrected chi connectivity index (χ3v) is 6.59. The molecule has 0 saturated carbocycles. The van der Waals surface area contributed by atoms with Crippen molar-refractivity contribution in [2.45, 2.75) is 52.2 Å². The van der Waals surface area contributed by atoms with Gasteiger partial charge in [0.2, 0.25) is 11.8 Å². The van der Waals surface area contributed by atoms with E-state index >= 15 is 0 Å². The number of hydrogen-bond acceptors (Lipinski definition) is 3. The molecule has 0 fully saturated rings. The lowest BCUT2D eigenvalue weighted by molar-refractivity contribution is -0.128. The molecule has 0 aliphatic carbocycles. The number of amides is 2. The highest BCUT2D eigenvalue weighted by Gasteiger charge is 2.32. The molecule has 5 heteroatoms. The highest BCUT2D eigenvalue weighted by molar-refractivity contribution is 6.01. The summed E-state index contributed by atoms with van der Waals surface area (Å²) in [4.78, 5) is 28.2. The van der Waals surface area contributed by atoms with Gasteiger partial charge in [-0.05, 0) is 79.8 Å². The topological polar surface area (TPSA) is 61.4 Å². The number of carbonyl (C=O) groups excluding carboxylic acids is 2. The monoisotopic (exact) mass is 429 g/mol. The first kappa shape index (κ1) is 22.0. The minimum absolute atomic E-state index is 0.0596. The van der Waals surface area contributed by atoms with Crippen molar-refractivity contribution in [3.05, 3.63) is 76.9 Å². The average molecular weight is 430 g/mol. The van der Waals surface area contributed by atoms with E-state index in [9.17, 15) is 9.59 Å². The van der Waals surface area contributed by atoms with Gasteiger partial charge in [0, 0.05) is 5.69 Å². The van der Waals surface area contributed by atoms with E-state index in [1.807, 2.05) is 29.2 Å². The van der Waals surface area contributed by atoms with E-state index in [-0.39, 0.29) is 17.9 Å². The van der Waals surface area contributed by atoms with Crippen molar-refractivity contribution in [3.63, 3.8) is 0 Å². The molecule has 4 rings (SSSR count). The van der Waals surface area contributed by atoms with Gasteiger partial charge in [-0.3, -0.25) is 9.59 Å². The van der Waals surface area contributed by atoms with Gasteiger partial charge < -0.3 is 15.5 Å². The van der Waals surface area contributed by atoms with Crippen LogP contribution in [0.2, 0.25) is 0 Å². The van der Waals surface area contributed by atoms with Crippen LogP contribution in [0.15, 0.2) is 54.6 Å². The first-order valence-corrected chi connectivity index (χ1v) is 11.3. The van der Waals surface area contributed by atoms with E-state index in [1.54, 1.807) is 14.0 Å². The number of aryl methyl sites for hydroxylation is 3. The molecule has 1 heterocycles. The zero-order chi connectivity index (χ0) is 22.8. The van der Waals surface area contributed by atoms with Crippen LogP contribution in [0, 0.1) is 13.8 Å². The van der Waals surface area contributed by atoms with Gasteiger partial charge >= 0.3 is 0 Å². The van der Waals surface area contributed by atoms with Crippen LogP contribution in [-0.4, -0.2) is 30.9 Å². The van der Waals surface area contributed by atoms with Crippen LogP contribution < -0.4 is 15.5 Å². The second kappa shape index (κ2) is 9.13. The third-order valence-electron chi connectivity index (χ3n) is 6.59. The highest BCUT2D eigenvalue weighted by Crippen LogP contribution is 2.32. The number of anilines is 1. The SMILES string of the molecule is CN[C@@H](C)C(=O)N[C@H]1CCc2ccccc2N(Cc2c(C)cc(C)c3ccccc23)C1=O. The van der Waals surface area contributed by atoms with E-state index in [0.29, 0.717) is 13.0 Å². The maximum absolute atomic E-state index is 13.8. The van der Waals surface area contributed by atoms with Crippen LogP contribution >= 0.6 is 0 Å². The fourth-order valence-corrected chi connectivity index (χ4v) is 4.60. The summed E-state index contributed by atoms with van der Waals surface area (Å²) in [5.41, 5.74) is 5.61. The summed E-state index contributed by atoms with van der Waals surface area (Å²) in [7, 11) is 1.74. The molecule has 166 valence electrons. The minimum Gasteiger partial charge on any atom is -0.343 e. The Morgan fingerprint density at radius 3 is 2.50 bits per heavy atom. The van der Waals surface area contributed by atoms with E-state index in [2.05, 4.69) is 54.8 Å². The molecule has 5 nitrogen and oxygen atoms in total. The molecule has 0 aromatic heterocycles. The number of benzene rings is 3. The van der Waals surface area contributed by atoms with Crippen molar-refractivity contribution >= 4 is 28.3 Å². The van der Waals surface area contributed by atoms with Gasteiger partial charge in [0.1, 0.15) is 6.04 Å². The summed E-state index contributed by atoms with van der Waals surface area (Å²) in [5, 5.41) is 8.30. The summed E-state index contributed by atoms with van der Waals surface area (Å²) in [6.45, 7) is 6.50. The first-order valence-electron chi connectivity index (χ1n) is 11.3. The van der Waals surface area contributed by atoms with Crippen molar-refractivity contribution < 1.29 is 9.59 Å². The Labute approximate surface area is 189 Å². The van der Waals surface area contributed by atoms with Crippen LogP contribution in [0.4, 0.5) is 5.69 Å². The Bertz CT molecular complexity index is 1170. The molecule has 3 aromatic carbocycles. The molecule has 2 N–H and O–H groups in total. The zero-order valence-electron chi connectivity index (χ0n) is 19.2. The van der Waals surface area contributed by atoms with Crippen molar-refractivity contribution in [2.75, 3.05) is 11.9 Å². The van der Waals surface area contributed by atoms with Crippen molar-refractivity contribution in [1.82, 2.24) is 10.6 Å². The summed E-state index contributed by atoms with van der Waals surface area (Å²) in [5.74, 6) is -0.218. The Balaban J connectivity index is 1.76. The van der Waals surface area contributed by atoms with E-state index < -0.39 is 6.04 Å². The van der Waals surface area contributed by atoms with Crippen LogP contribution in [0.25, 0.3) is 10.8 Å². The quantitative estimate of drug-likeness (QED) is 0.644.